The number of alkyl halides is 3. The molecule has 3 aliphatic heterocycles. The van der Waals surface area contributed by atoms with Gasteiger partial charge in [0.05, 0.1) is 32.0 Å². The number of hydrogen-bond acceptors (Lipinski definition) is 11. The van der Waals surface area contributed by atoms with Gasteiger partial charge in [0, 0.05) is 42.4 Å². The predicted molar refractivity (Wildman–Crippen MR) is 245 cm³/mol. The first-order chi connectivity index (χ1) is 31.9. The number of nitrogens with one attached hydrogen (secondary N) is 3. The molecule has 0 radical (unpaired) electrons. The van der Waals surface area contributed by atoms with Crippen molar-refractivity contribution in [1.29, 1.82) is 0 Å². The van der Waals surface area contributed by atoms with Gasteiger partial charge in [0.2, 0.25) is 11.8 Å². The van der Waals surface area contributed by atoms with Crippen LogP contribution in [0.1, 0.15) is 151 Å². The Morgan fingerprint density at radius 1 is 0.896 bits per heavy atom. The molecule has 5 heterocycles. The number of thiazole rings is 1. The lowest BCUT2D eigenvalue weighted by Gasteiger charge is -2.66. The summed E-state index contributed by atoms with van der Waals surface area (Å²) in [6.07, 6.45) is 8.50. The number of carbonyl (C=O) groups excluding carboxylic acids is 5. The summed E-state index contributed by atoms with van der Waals surface area (Å²) in [7, 11) is 0. The van der Waals surface area contributed by atoms with Gasteiger partial charge < -0.3 is 20.6 Å². The fourth-order valence-corrected chi connectivity index (χ4v) is 13.6. The second kappa shape index (κ2) is 17.1. The highest BCUT2D eigenvalue weighted by Gasteiger charge is 2.59. The van der Waals surface area contributed by atoms with Crippen LogP contribution < -0.4 is 16.0 Å². The van der Waals surface area contributed by atoms with Crippen LogP contribution in [0.3, 0.4) is 0 Å². The second-order valence-electron chi connectivity index (χ2n) is 20.9. The zero-order valence-electron chi connectivity index (χ0n) is 37.8. The van der Waals surface area contributed by atoms with Crippen molar-refractivity contribution in [2.45, 2.75) is 121 Å². The van der Waals surface area contributed by atoms with Crippen LogP contribution in [0.2, 0.25) is 0 Å². The maximum absolute atomic E-state index is 13.5. The summed E-state index contributed by atoms with van der Waals surface area (Å²) >= 11 is 1.57. The lowest BCUT2D eigenvalue weighted by Crippen LogP contribution is -2.57. The van der Waals surface area contributed by atoms with E-state index in [4.69, 9.17) is 4.98 Å². The van der Waals surface area contributed by atoms with Crippen molar-refractivity contribution in [3.63, 3.8) is 0 Å². The van der Waals surface area contributed by atoms with Crippen LogP contribution in [0.25, 0.3) is 10.2 Å². The van der Waals surface area contributed by atoms with E-state index in [0.717, 1.165) is 84.0 Å². The Balaban J connectivity index is 0.664. The number of aliphatic hydroxyl groups is 1. The van der Waals surface area contributed by atoms with Crippen LogP contribution in [0, 0.1) is 22.7 Å². The first-order valence-corrected chi connectivity index (χ1v) is 24.5. The second-order valence-corrected chi connectivity index (χ2v) is 21.9. The van der Waals surface area contributed by atoms with E-state index in [2.05, 4.69) is 25.8 Å². The van der Waals surface area contributed by atoms with E-state index < -0.39 is 53.0 Å². The molecule has 1 unspecified atom stereocenters. The van der Waals surface area contributed by atoms with Gasteiger partial charge in [0.25, 0.3) is 17.7 Å². The Hall–Kier alpha value is -5.26. The predicted octanol–water partition coefficient (Wildman–Crippen LogP) is 8.64. The Bertz CT molecular complexity index is 2650. The molecule has 4 N–H and O–H groups in total. The first-order valence-electron chi connectivity index (χ1n) is 23.7. The molecule has 2 spiro atoms. The van der Waals surface area contributed by atoms with Crippen molar-refractivity contribution in [2.24, 2.45) is 22.7 Å². The van der Waals surface area contributed by atoms with Crippen molar-refractivity contribution in [1.82, 2.24) is 25.1 Å². The van der Waals surface area contributed by atoms with E-state index in [1.54, 1.807) is 49.4 Å². The molecule has 67 heavy (non-hydrogen) atoms. The number of halogens is 3. The molecule has 10 rings (SSSR count). The van der Waals surface area contributed by atoms with Gasteiger partial charge in [-0.15, -0.1) is 11.3 Å². The van der Waals surface area contributed by atoms with Crippen LogP contribution in [0.15, 0.2) is 48.5 Å². The van der Waals surface area contributed by atoms with Gasteiger partial charge in [-0.2, -0.15) is 13.2 Å². The average Bonchev–Trinajstić information content (AvgIpc) is 3.79. The average molecular weight is 940 g/mol. The number of fused-ring (bicyclic) bond motifs is 2. The number of pyridine rings is 1. The molecular weight excluding hydrogens is 884 g/mol. The number of carbonyl (C=O) groups is 5. The van der Waals surface area contributed by atoms with Crippen LogP contribution in [0.4, 0.5) is 24.5 Å². The quantitative estimate of drug-likeness (QED) is 0.107. The van der Waals surface area contributed by atoms with Crippen molar-refractivity contribution in [3.05, 3.63) is 81.6 Å². The monoisotopic (exact) mass is 939 g/mol. The molecule has 2 aromatic heterocycles. The molecule has 3 saturated carbocycles. The van der Waals surface area contributed by atoms with E-state index in [-0.39, 0.29) is 24.1 Å². The molecule has 13 nitrogen and oxygen atoms in total. The standard InChI is InChI=1S/C50H56F3N7O6S/c1-47(2,66)32-21-36-38(22-35(32)56-42(62)34-7-4-8-39(55-34)50(51,52)53)67-44(57-36)30-11-9-28(10-12-30)25-59-19-16-48(17-20-59)26-49(27-48)23-29(24-49)15-18-54-33-6-3-5-31-41(33)46(65)60(45(31)64)37-13-14-40(61)58-43(37)63/h3-8,21-22,28-30,37,54,66H,9-20,23-27H2,1-2H3,(H,56,62)(H,58,61,63)/t28-,30-,37?. The fraction of sp³-hybridized carbons (Fsp3) is 0.540. The van der Waals surface area contributed by atoms with Crippen molar-refractivity contribution in [3.8, 4) is 0 Å². The smallest absolute Gasteiger partial charge is 0.386 e. The number of amides is 5. The summed E-state index contributed by atoms with van der Waals surface area (Å²) in [5.41, 5.74) is 0.708. The van der Waals surface area contributed by atoms with E-state index in [1.807, 2.05) is 6.07 Å². The molecule has 3 aliphatic carbocycles. The molecule has 6 aliphatic rings. The zero-order chi connectivity index (χ0) is 47.0. The van der Waals surface area contributed by atoms with Gasteiger partial charge in [0.15, 0.2) is 0 Å². The van der Waals surface area contributed by atoms with Crippen LogP contribution in [-0.2, 0) is 21.4 Å². The number of aromatic nitrogens is 2. The molecule has 5 amide bonds. The number of nitrogens with zero attached hydrogens (tertiary/aromatic N) is 4. The third-order valence-corrected chi connectivity index (χ3v) is 16.8. The minimum absolute atomic E-state index is 0.0858. The lowest BCUT2D eigenvalue weighted by atomic mass is 9.40. The summed E-state index contributed by atoms with van der Waals surface area (Å²) in [5.74, 6) is -1.20. The van der Waals surface area contributed by atoms with E-state index >= 15 is 0 Å². The number of piperidine rings is 2. The summed E-state index contributed by atoms with van der Waals surface area (Å²) in [4.78, 5) is 76.2. The Labute approximate surface area is 390 Å². The molecule has 4 aromatic rings. The number of likely N-dealkylation sites (tertiary alicyclic amines) is 1. The van der Waals surface area contributed by atoms with Gasteiger partial charge in [-0.1, -0.05) is 12.1 Å². The topological polar surface area (TPSA) is 174 Å². The summed E-state index contributed by atoms with van der Waals surface area (Å²) in [6, 6.07) is 10.9. The minimum Gasteiger partial charge on any atom is -0.386 e. The van der Waals surface area contributed by atoms with Gasteiger partial charge in [0.1, 0.15) is 17.4 Å². The van der Waals surface area contributed by atoms with E-state index in [1.165, 1.54) is 44.6 Å². The number of hydrogen-bond donors (Lipinski definition) is 4. The van der Waals surface area contributed by atoms with Crippen LogP contribution in [0.5, 0.6) is 0 Å². The Morgan fingerprint density at radius 3 is 2.33 bits per heavy atom. The van der Waals surface area contributed by atoms with Gasteiger partial charge >= 0.3 is 6.18 Å². The van der Waals surface area contributed by atoms with Crippen LogP contribution >= 0.6 is 11.3 Å². The SMILES string of the molecule is CC(C)(O)c1cc2nc([C@H]3CC[C@H](CN4CCC5(CC4)CC4(CC(CCNc6cccc7c6C(=O)N(C6CCC(=O)NC6=O)C7=O)C4)C5)CC3)sc2cc1NC(=O)c1cccc(C(F)(F)F)n1. The van der Waals surface area contributed by atoms with Crippen molar-refractivity contribution < 1.29 is 42.3 Å². The Kier molecular flexibility index (Phi) is 11.6. The third kappa shape index (κ3) is 8.87. The molecule has 17 heteroatoms. The molecular formula is C50H56F3N7O6S. The first kappa shape index (κ1) is 45.5. The van der Waals surface area contributed by atoms with E-state index in [0.29, 0.717) is 57.6 Å². The highest BCUT2D eigenvalue weighted by molar-refractivity contribution is 7.18. The molecule has 5 fully saturated rings. The highest BCUT2D eigenvalue weighted by atomic mass is 32.1. The largest absolute Gasteiger partial charge is 0.433 e. The molecule has 0 bridgehead atoms. The number of rotatable bonds is 11. The number of anilines is 2. The molecule has 1 atom stereocenters. The number of benzene rings is 2. The molecule has 2 saturated heterocycles. The summed E-state index contributed by atoms with van der Waals surface area (Å²) in [6.45, 7) is 7.31. The summed E-state index contributed by atoms with van der Waals surface area (Å²) < 4.78 is 40.7. The fourth-order valence-electron chi connectivity index (χ4n) is 12.5. The maximum atomic E-state index is 13.5. The number of imide groups is 2. The van der Waals surface area contributed by atoms with Gasteiger partial charge in [-0.05, 0) is 163 Å². The van der Waals surface area contributed by atoms with Gasteiger partial charge in [-0.3, -0.25) is 34.2 Å². The molecule has 2 aromatic carbocycles. The summed E-state index contributed by atoms with van der Waals surface area (Å²) in [5, 5.41) is 20.4. The highest BCUT2D eigenvalue weighted by Crippen LogP contribution is 2.69. The minimum atomic E-state index is -4.69. The third-order valence-electron chi connectivity index (χ3n) is 15.6. The Morgan fingerprint density at radius 2 is 1.63 bits per heavy atom. The normalized spacial score (nSPS) is 24.1. The van der Waals surface area contributed by atoms with Crippen molar-refractivity contribution in [2.75, 3.05) is 36.8 Å². The zero-order valence-corrected chi connectivity index (χ0v) is 38.6. The van der Waals surface area contributed by atoms with Crippen LogP contribution in [-0.4, -0.2) is 86.6 Å². The van der Waals surface area contributed by atoms with Gasteiger partial charge in [-0.25, -0.2) is 9.97 Å². The molecule has 354 valence electrons. The van der Waals surface area contributed by atoms with Crippen molar-refractivity contribution >= 4 is 62.5 Å². The lowest BCUT2D eigenvalue weighted by molar-refractivity contribution is -0.150. The maximum Gasteiger partial charge on any atom is 0.433 e. The van der Waals surface area contributed by atoms with E-state index in [9.17, 15) is 42.3 Å².